The third kappa shape index (κ3) is 4.66. The molecule has 0 aromatic heterocycles. The first-order valence-corrected chi connectivity index (χ1v) is 6.58. The number of rotatable bonds is 4. The zero-order chi connectivity index (χ0) is 13.0. The summed E-state index contributed by atoms with van der Waals surface area (Å²) in [5.74, 6) is 0.195. The molecule has 17 heavy (non-hydrogen) atoms. The van der Waals surface area contributed by atoms with E-state index in [1.54, 1.807) is 18.2 Å². The SMILES string of the molecule is CC(C)CC(N)C(=O)Nc1cc(Cl)ccc1Br. The van der Waals surface area contributed by atoms with Crippen LogP contribution in [0.15, 0.2) is 22.7 Å². The second kappa shape index (κ2) is 6.38. The van der Waals surface area contributed by atoms with E-state index >= 15 is 0 Å². The molecular formula is C12H16BrClN2O. The highest BCUT2D eigenvalue weighted by molar-refractivity contribution is 9.10. The van der Waals surface area contributed by atoms with Crippen molar-refractivity contribution in [3.05, 3.63) is 27.7 Å². The maximum absolute atomic E-state index is 11.8. The summed E-state index contributed by atoms with van der Waals surface area (Å²) in [6.45, 7) is 4.06. The van der Waals surface area contributed by atoms with Crippen LogP contribution in [0.2, 0.25) is 5.02 Å². The Hall–Kier alpha value is -0.580. The van der Waals surface area contributed by atoms with Gasteiger partial charge in [-0.3, -0.25) is 4.79 Å². The molecule has 0 saturated carbocycles. The van der Waals surface area contributed by atoms with E-state index in [0.29, 0.717) is 23.0 Å². The van der Waals surface area contributed by atoms with Gasteiger partial charge in [-0.05, 0) is 46.5 Å². The lowest BCUT2D eigenvalue weighted by atomic mass is 10.0. The van der Waals surface area contributed by atoms with E-state index in [0.717, 1.165) is 4.47 Å². The van der Waals surface area contributed by atoms with Gasteiger partial charge in [-0.25, -0.2) is 0 Å². The van der Waals surface area contributed by atoms with E-state index in [1.165, 1.54) is 0 Å². The summed E-state index contributed by atoms with van der Waals surface area (Å²) in [6.07, 6.45) is 0.657. The number of benzene rings is 1. The maximum Gasteiger partial charge on any atom is 0.241 e. The van der Waals surface area contributed by atoms with Gasteiger partial charge in [0.05, 0.1) is 11.7 Å². The van der Waals surface area contributed by atoms with Gasteiger partial charge in [0.15, 0.2) is 0 Å². The van der Waals surface area contributed by atoms with Crippen LogP contribution in [0.4, 0.5) is 5.69 Å². The molecule has 0 fully saturated rings. The van der Waals surface area contributed by atoms with Gasteiger partial charge in [-0.1, -0.05) is 25.4 Å². The van der Waals surface area contributed by atoms with Gasteiger partial charge in [-0.2, -0.15) is 0 Å². The minimum absolute atomic E-state index is 0.193. The molecule has 1 unspecified atom stereocenters. The van der Waals surface area contributed by atoms with Crippen LogP contribution in [0, 0.1) is 5.92 Å². The number of nitrogens with one attached hydrogen (secondary N) is 1. The zero-order valence-corrected chi connectivity index (χ0v) is 12.2. The normalized spacial score (nSPS) is 12.6. The topological polar surface area (TPSA) is 55.1 Å². The third-order valence-electron chi connectivity index (χ3n) is 2.25. The van der Waals surface area contributed by atoms with Crippen molar-refractivity contribution in [1.82, 2.24) is 0 Å². The summed E-state index contributed by atoms with van der Waals surface area (Å²) in [6, 6.07) is 4.72. The van der Waals surface area contributed by atoms with Crippen LogP contribution in [0.1, 0.15) is 20.3 Å². The molecule has 0 saturated heterocycles. The van der Waals surface area contributed by atoms with Crippen LogP contribution >= 0.6 is 27.5 Å². The lowest BCUT2D eigenvalue weighted by Crippen LogP contribution is -2.36. The molecule has 1 rings (SSSR count). The van der Waals surface area contributed by atoms with Crippen molar-refractivity contribution < 1.29 is 4.79 Å². The molecule has 1 amide bonds. The number of hydrogen-bond acceptors (Lipinski definition) is 2. The van der Waals surface area contributed by atoms with Gasteiger partial charge in [0.1, 0.15) is 0 Å². The minimum atomic E-state index is -0.499. The Morgan fingerprint density at radius 1 is 1.53 bits per heavy atom. The predicted octanol–water partition coefficient (Wildman–Crippen LogP) is 3.41. The van der Waals surface area contributed by atoms with Crippen molar-refractivity contribution in [3.8, 4) is 0 Å². The molecular weight excluding hydrogens is 304 g/mol. The van der Waals surface area contributed by atoms with Crippen molar-refractivity contribution in [1.29, 1.82) is 0 Å². The Kier molecular flexibility index (Phi) is 5.43. The highest BCUT2D eigenvalue weighted by atomic mass is 79.9. The molecule has 5 heteroatoms. The first kappa shape index (κ1) is 14.5. The van der Waals surface area contributed by atoms with Crippen LogP contribution < -0.4 is 11.1 Å². The van der Waals surface area contributed by atoms with E-state index in [-0.39, 0.29) is 5.91 Å². The van der Waals surface area contributed by atoms with Crippen molar-refractivity contribution >= 4 is 39.1 Å². The molecule has 3 nitrogen and oxygen atoms in total. The number of nitrogens with two attached hydrogens (primary N) is 1. The molecule has 0 aliphatic carbocycles. The lowest BCUT2D eigenvalue weighted by molar-refractivity contribution is -0.117. The second-order valence-corrected chi connectivity index (χ2v) is 5.64. The fourth-order valence-electron chi connectivity index (χ4n) is 1.43. The van der Waals surface area contributed by atoms with Crippen molar-refractivity contribution in [2.45, 2.75) is 26.3 Å². The smallest absolute Gasteiger partial charge is 0.241 e. The average Bonchev–Trinajstić information content (AvgIpc) is 2.22. The van der Waals surface area contributed by atoms with Crippen molar-refractivity contribution in [2.75, 3.05) is 5.32 Å². The van der Waals surface area contributed by atoms with Gasteiger partial charge in [0.2, 0.25) is 5.91 Å². The van der Waals surface area contributed by atoms with Crippen LogP contribution in [0.25, 0.3) is 0 Å². The van der Waals surface area contributed by atoms with E-state index in [2.05, 4.69) is 21.2 Å². The summed E-state index contributed by atoms with van der Waals surface area (Å²) in [7, 11) is 0. The molecule has 1 atom stereocenters. The Balaban J connectivity index is 2.70. The first-order valence-electron chi connectivity index (χ1n) is 5.41. The number of carbonyl (C=O) groups is 1. The summed E-state index contributed by atoms with van der Waals surface area (Å²) in [4.78, 5) is 11.8. The molecule has 0 radical (unpaired) electrons. The van der Waals surface area contributed by atoms with Gasteiger partial charge in [0.25, 0.3) is 0 Å². The number of amides is 1. The number of anilines is 1. The zero-order valence-electron chi connectivity index (χ0n) is 9.84. The number of carbonyl (C=O) groups excluding carboxylic acids is 1. The molecule has 0 aliphatic heterocycles. The lowest BCUT2D eigenvalue weighted by Gasteiger charge is -2.15. The Morgan fingerprint density at radius 2 is 2.18 bits per heavy atom. The van der Waals surface area contributed by atoms with E-state index in [9.17, 15) is 4.79 Å². The van der Waals surface area contributed by atoms with Crippen LogP contribution in [-0.4, -0.2) is 11.9 Å². The van der Waals surface area contributed by atoms with Crippen LogP contribution in [0.3, 0.4) is 0 Å². The summed E-state index contributed by atoms with van der Waals surface area (Å²) >= 11 is 9.21. The van der Waals surface area contributed by atoms with Crippen LogP contribution in [-0.2, 0) is 4.79 Å². The van der Waals surface area contributed by atoms with Crippen LogP contribution in [0.5, 0.6) is 0 Å². The fraction of sp³-hybridized carbons (Fsp3) is 0.417. The monoisotopic (exact) mass is 318 g/mol. The van der Waals surface area contributed by atoms with Crippen molar-refractivity contribution in [2.24, 2.45) is 11.7 Å². The molecule has 0 aliphatic rings. The second-order valence-electron chi connectivity index (χ2n) is 4.35. The van der Waals surface area contributed by atoms with E-state index in [1.807, 2.05) is 13.8 Å². The quantitative estimate of drug-likeness (QED) is 0.893. The van der Waals surface area contributed by atoms with E-state index in [4.69, 9.17) is 17.3 Å². The molecule has 0 heterocycles. The number of hydrogen-bond donors (Lipinski definition) is 2. The first-order chi connectivity index (χ1) is 7.90. The summed E-state index contributed by atoms with van der Waals surface area (Å²) in [5.41, 5.74) is 6.43. The molecule has 1 aromatic rings. The minimum Gasteiger partial charge on any atom is -0.324 e. The Labute approximate surface area is 115 Å². The molecule has 0 bridgehead atoms. The van der Waals surface area contributed by atoms with Gasteiger partial charge in [0, 0.05) is 9.50 Å². The van der Waals surface area contributed by atoms with Gasteiger partial charge >= 0.3 is 0 Å². The standard InChI is InChI=1S/C12H16BrClN2O/c1-7(2)5-10(15)12(17)16-11-6-8(14)3-4-9(11)13/h3-4,6-7,10H,5,15H2,1-2H3,(H,16,17). The molecule has 0 spiro atoms. The Morgan fingerprint density at radius 3 is 2.76 bits per heavy atom. The van der Waals surface area contributed by atoms with Gasteiger partial charge in [-0.15, -0.1) is 0 Å². The highest BCUT2D eigenvalue weighted by Gasteiger charge is 2.16. The molecule has 3 N–H and O–H groups in total. The van der Waals surface area contributed by atoms with Crippen molar-refractivity contribution in [3.63, 3.8) is 0 Å². The predicted molar refractivity (Wildman–Crippen MR) is 75.2 cm³/mol. The largest absolute Gasteiger partial charge is 0.324 e. The Bertz CT molecular complexity index is 409. The van der Waals surface area contributed by atoms with E-state index < -0.39 is 6.04 Å². The molecule has 94 valence electrons. The fourth-order valence-corrected chi connectivity index (χ4v) is 1.95. The average molecular weight is 320 g/mol. The molecule has 1 aromatic carbocycles. The summed E-state index contributed by atoms with van der Waals surface area (Å²) in [5, 5.41) is 3.33. The summed E-state index contributed by atoms with van der Waals surface area (Å²) < 4.78 is 0.784. The van der Waals surface area contributed by atoms with Gasteiger partial charge < -0.3 is 11.1 Å². The number of halogens is 2. The highest BCUT2D eigenvalue weighted by Crippen LogP contribution is 2.26. The maximum atomic E-state index is 11.8. The third-order valence-corrected chi connectivity index (χ3v) is 3.17.